The molecule has 152 valence electrons. The lowest BCUT2D eigenvalue weighted by molar-refractivity contribution is -0.118. The Morgan fingerprint density at radius 2 is 1.97 bits per heavy atom. The molecule has 2 amide bonds. The van der Waals surface area contributed by atoms with Crippen LogP contribution in [-0.2, 0) is 4.79 Å². The summed E-state index contributed by atoms with van der Waals surface area (Å²) >= 11 is 1.46. The summed E-state index contributed by atoms with van der Waals surface area (Å²) in [6.07, 6.45) is 2.63. The number of fused-ring (bicyclic) bond motifs is 1. The maximum atomic E-state index is 12.8. The van der Waals surface area contributed by atoms with Crippen molar-refractivity contribution >= 4 is 28.8 Å². The molecule has 1 aromatic heterocycles. The van der Waals surface area contributed by atoms with E-state index < -0.39 is 0 Å². The molecule has 2 aromatic rings. The van der Waals surface area contributed by atoms with Crippen molar-refractivity contribution in [2.24, 2.45) is 11.3 Å². The van der Waals surface area contributed by atoms with Gasteiger partial charge >= 0.3 is 0 Å². The number of benzene rings is 1. The predicted octanol–water partition coefficient (Wildman–Crippen LogP) is 3.37. The van der Waals surface area contributed by atoms with Crippen molar-refractivity contribution in [2.45, 2.75) is 33.1 Å². The highest BCUT2D eigenvalue weighted by Gasteiger charge is 2.58. The van der Waals surface area contributed by atoms with Gasteiger partial charge in [0, 0.05) is 30.8 Å². The molecule has 3 aliphatic rings. The molecule has 1 aromatic carbocycles. The van der Waals surface area contributed by atoms with Crippen molar-refractivity contribution in [2.75, 3.05) is 25.2 Å². The molecule has 7 nitrogen and oxygen atoms in total. The van der Waals surface area contributed by atoms with Crippen molar-refractivity contribution in [1.29, 1.82) is 0 Å². The molecule has 2 fully saturated rings. The van der Waals surface area contributed by atoms with Crippen LogP contribution in [-0.4, -0.2) is 41.6 Å². The monoisotopic (exact) mass is 413 g/mol. The highest BCUT2D eigenvalue weighted by molar-refractivity contribution is 7.13. The van der Waals surface area contributed by atoms with E-state index in [0.717, 1.165) is 40.5 Å². The number of thiazole rings is 1. The van der Waals surface area contributed by atoms with Gasteiger partial charge in [-0.3, -0.25) is 9.59 Å². The molecule has 0 radical (unpaired) electrons. The molecule has 3 heterocycles. The quantitative estimate of drug-likeness (QED) is 0.834. The smallest absolute Gasteiger partial charge is 0.265 e. The van der Waals surface area contributed by atoms with Crippen molar-refractivity contribution in [3.05, 3.63) is 33.8 Å². The molecule has 1 aliphatic carbocycles. The molecule has 0 bridgehead atoms. The normalized spacial score (nSPS) is 21.3. The summed E-state index contributed by atoms with van der Waals surface area (Å²) in [6.45, 7) is 5.42. The number of hydrogen-bond donors (Lipinski definition) is 1. The van der Waals surface area contributed by atoms with Crippen LogP contribution < -0.4 is 14.8 Å². The molecule has 1 saturated carbocycles. The van der Waals surface area contributed by atoms with Crippen molar-refractivity contribution in [3.63, 3.8) is 0 Å². The Morgan fingerprint density at radius 3 is 2.69 bits per heavy atom. The van der Waals surface area contributed by atoms with Crippen LogP contribution in [0.4, 0.5) is 5.69 Å². The zero-order valence-corrected chi connectivity index (χ0v) is 17.3. The molecule has 1 saturated heterocycles. The second-order valence-corrected chi connectivity index (χ2v) is 9.32. The van der Waals surface area contributed by atoms with E-state index in [1.807, 2.05) is 30.9 Å². The first-order valence-electron chi connectivity index (χ1n) is 9.89. The topological polar surface area (TPSA) is 80.8 Å². The molecule has 1 unspecified atom stereocenters. The average molecular weight is 413 g/mol. The maximum absolute atomic E-state index is 12.8. The Balaban J connectivity index is 1.19. The number of amides is 2. The van der Waals surface area contributed by atoms with Gasteiger partial charge in [0.25, 0.3) is 5.91 Å². The fourth-order valence-electron chi connectivity index (χ4n) is 4.50. The third-order valence-corrected chi connectivity index (χ3v) is 7.35. The fourth-order valence-corrected chi connectivity index (χ4v) is 5.39. The van der Waals surface area contributed by atoms with Gasteiger partial charge in [0.15, 0.2) is 11.5 Å². The lowest BCUT2D eigenvalue weighted by Crippen LogP contribution is -2.40. The standard InChI is InChI=1S/C21H23N3O4S/c1-12-18(29-13(2)22-12)20(26)24-7-5-21(6-8-24)10-15(21)19(25)23-14-3-4-16-17(9-14)28-11-27-16/h3-4,9,15H,5-8,10-11H2,1-2H3,(H,23,25). The van der Waals surface area contributed by atoms with Gasteiger partial charge in [-0.05, 0) is 50.7 Å². The zero-order chi connectivity index (χ0) is 20.2. The van der Waals surface area contributed by atoms with Gasteiger partial charge in [0.2, 0.25) is 12.7 Å². The Hall–Kier alpha value is -2.61. The lowest BCUT2D eigenvalue weighted by Gasteiger charge is -2.32. The van der Waals surface area contributed by atoms with E-state index in [2.05, 4.69) is 10.3 Å². The van der Waals surface area contributed by atoms with Gasteiger partial charge < -0.3 is 19.7 Å². The molecule has 2 aliphatic heterocycles. The molecule has 1 N–H and O–H groups in total. The van der Waals surface area contributed by atoms with Gasteiger partial charge in [-0.1, -0.05) is 0 Å². The van der Waals surface area contributed by atoms with Crippen LogP contribution in [0.1, 0.15) is 39.6 Å². The van der Waals surface area contributed by atoms with Crippen molar-refractivity contribution < 1.29 is 19.1 Å². The highest BCUT2D eigenvalue weighted by atomic mass is 32.1. The van der Waals surface area contributed by atoms with Crippen LogP contribution in [0.2, 0.25) is 0 Å². The first-order valence-corrected chi connectivity index (χ1v) is 10.7. The van der Waals surface area contributed by atoms with Crippen LogP contribution in [0.25, 0.3) is 0 Å². The van der Waals surface area contributed by atoms with E-state index in [-0.39, 0.29) is 29.9 Å². The zero-order valence-electron chi connectivity index (χ0n) is 16.5. The van der Waals surface area contributed by atoms with Gasteiger partial charge in [-0.15, -0.1) is 11.3 Å². The summed E-state index contributed by atoms with van der Waals surface area (Å²) in [5, 5.41) is 3.93. The number of likely N-dealkylation sites (tertiary alicyclic amines) is 1. The number of nitrogens with zero attached hydrogens (tertiary/aromatic N) is 2. The number of carbonyl (C=O) groups excluding carboxylic acids is 2. The van der Waals surface area contributed by atoms with E-state index >= 15 is 0 Å². The Morgan fingerprint density at radius 1 is 1.21 bits per heavy atom. The molecule has 29 heavy (non-hydrogen) atoms. The molecule has 5 rings (SSSR count). The number of carbonyl (C=O) groups is 2. The predicted molar refractivity (Wildman–Crippen MR) is 108 cm³/mol. The Bertz CT molecular complexity index is 994. The third-order valence-electron chi connectivity index (χ3n) is 6.29. The minimum Gasteiger partial charge on any atom is -0.454 e. The summed E-state index contributed by atoms with van der Waals surface area (Å²) < 4.78 is 10.7. The van der Waals surface area contributed by atoms with Crippen LogP contribution in [0.5, 0.6) is 11.5 Å². The van der Waals surface area contributed by atoms with E-state index in [9.17, 15) is 9.59 Å². The molecular weight excluding hydrogens is 390 g/mol. The largest absolute Gasteiger partial charge is 0.454 e. The second kappa shape index (κ2) is 6.73. The van der Waals surface area contributed by atoms with Gasteiger partial charge in [-0.25, -0.2) is 4.98 Å². The second-order valence-electron chi connectivity index (χ2n) is 8.12. The highest BCUT2D eigenvalue weighted by Crippen LogP contribution is 2.59. The summed E-state index contributed by atoms with van der Waals surface area (Å²) in [4.78, 5) is 32.6. The van der Waals surface area contributed by atoms with Gasteiger partial charge in [-0.2, -0.15) is 0 Å². The average Bonchev–Trinajstić information content (AvgIpc) is 3.03. The fraction of sp³-hybridized carbons (Fsp3) is 0.476. The minimum atomic E-state index is 0.0116. The van der Waals surface area contributed by atoms with E-state index in [1.54, 1.807) is 6.07 Å². The number of aryl methyl sites for hydroxylation is 2. The molecule has 1 atom stereocenters. The number of aromatic nitrogens is 1. The molecule has 8 heteroatoms. The summed E-state index contributed by atoms with van der Waals surface area (Å²) in [5.74, 6) is 1.50. The lowest BCUT2D eigenvalue weighted by atomic mass is 9.90. The number of nitrogens with one attached hydrogen (secondary N) is 1. The summed E-state index contributed by atoms with van der Waals surface area (Å²) in [5.41, 5.74) is 1.57. The van der Waals surface area contributed by atoms with E-state index in [4.69, 9.17) is 9.47 Å². The van der Waals surface area contributed by atoms with Crippen LogP contribution in [0.15, 0.2) is 18.2 Å². The summed E-state index contributed by atoms with van der Waals surface area (Å²) in [7, 11) is 0. The van der Waals surface area contributed by atoms with Gasteiger partial charge in [0.1, 0.15) is 4.88 Å². The third kappa shape index (κ3) is 3.25. The van der Waals surface area contributed by atoms with Crippen LogP contribution in [0.3, 0.4) is 0 Å². The van der Waals surface area contributed by atoms with E-state index in [1.165, 1.54) is 11.3 Å². The number of anilines is 1. The van der Waals surface area contributed by atoms with Gasteiger partial charge in [0.05, 0.1) is 10.7 Å². The van der Waals surface area contributed by atoms with Crippen LogP contribution in [0, 0.1) is 25.2 Å². The number of rotatable bonds is 3. The van der Waals surface area contributed by atoms with Crippen molar-refractivity contribution in [3.8, 4) is 11.5 Å². The Labute approximate surface area is 173 Å². The maximum Gasteiger partial charge on any atom is 0.265 e. The SMILES string of the molecule is Cc1nc(C)c(C(=O)N2CCC3(CC2)CC3C(=O)Nc2ccc3c(c2)OCO3)s1. The number of piperidine rings is 1. The molecule has 1 spiro atoms. The van der Waals surface area contributed by atoms with E-state index in [0.29, 0.717) is 24.6 Å². The summed E-state index contributed by atoms with van der Waals surface area (Å²) in [6, 6.07) is 5.45. The number of hydrogen-bond acceptors (Lipinski definition) is 6. The first kappa shape index (κ1) is 18.4. The minimum absolute atomic E-state index is 0.0116. The van der Waals surface area contributed by atoms with Crippen LogP contribution >= 0.6 is 11.3 Å². The van der Waals surface area contributed by atoms with Crippen molar-refractivity contribution in [1.82, 2.24) is 9.88 Å². The Kier molecular flexibility index (Phi) is 4.27. The first-order chi connectivity index (χ1) is 13.9. The number of ether oxygens (including phenoxy) is 2. The molecular formula is C21H23N3O4S.